The highest BCUT2D eigenvalue weighted by molar-refractivity contribution is 4.82. The fraction of sp³-hybridized carbons (Fsp3) is 1.00. The van der Waals surface area contributed by atoms with Crippen molar-refractivity contribution in [1.82, 2.24) is 32.8 Å². The van der Waals surface area contributed by atoms with Gasteiger partial charge in [-0.15, -0.1) is 0 Å². The molecule has 2 atom stereocenters. The molecule has 6 nitrogen and oxygen atoms in total. The molecule has 0 aromatic carbocycles. The Hall–Kier alpha value is -0.240. The molecule has 1 aliphatic heterocycles. The minimum absolute atomic E-state index is 0.175. The Kier molecular flexibility index (Phi) is 3.82. The second-order valence-corrected chi connectivity index (χ2v) is 4.12. The summed E-state index contributed by atoms with van der Waals surface area (Å²) in [6, 6.07) is 0. The largest absolute Gasteiger partial charge is 0.235 e. The first-order valence-electron chi connectivity index (χ1n) is 5.12. The van der Waals surface area contributed by atoms with Gasteiger partial charge < -0.3 is 0 Å². The fourth-order valence-corrected chi connectivity index (χ4v) is 1.03. The van der Waals surface area contributed by atoms with Gasteiger partial charge in [0.05, 0.1) is 11.3 Å². The van der Waals surface area contributed by atoms with Crippen LogP contribution in [0.25, 0.3) is 0 Å². The molecule has 1 fully saturated rings. The maximum atomic E-state index is 3.26. The molecule has 6 heteroatoms. The summed E-state index contributed by atoms with van der Waals surface area (Å²) >= 11 is 0. The zero-order chi connectivity index (χ0) is 10.7. The van der Waals surface area contributed by atoms with Gasteiger partial charge >= 0.3 is 0 Å². The highest BCUT2D eigenvalue weighted by atomic mass is 15.8. The van der Waals surface area contributed by atoms with E-state index in [4.69, 9.17) is 0 Å². The molecule has 1 heterocycles. The molecule has 1 saturated heterocycles. The molecule has 0 aromatic heterocycles. The molecule has 0 bridgehead atoms. The van der Waals surface area contributed by atoms with Crippen LogP contribution in [0.5, 0.6) is 0 Å². The van der Waals surface area contributed by atoms with Gasteiger partial charge in [-0.05, 0) is 26.7 Å². The van der Waals surface area contributed by atoms with Crippen molar-refractivity contribution in [2.75, 3.05) is 0 Å². The van der Waals surface area contributed by atoms with E-state index in [1.165, 1.54) is 0 Å². The summed E-state index contributed by atoms with van der Waals surface area (Å²) < 4.78 is 0. The molecule has 14 heavy (non-hydrogen) atoms. The standard InChI is InChI=1S/C8H22N6/c1-5-7(3)9-10-8(4,6-2)12-14-13-11-7/h9-14H,5-6H2,1-4H3. The van der Waals surface area contributed by atoms with E-state index in [0.717, 1.165) is 12.8 Å². The number of nitrogens with one attached hydrogen (secondary N) is 6. The van der Waals surface area contributed by atoms with E-state index in [1.54, 1.807) is 0 Å². The van der Waals surface area contributed by atoms with Gasteiger partial charge in [-0.3, -0.25) is 0 Å². The minimum Gasteiger partial charge on any atom is -0.235 e. The lowest BCUT2D eigenvalue weighted by atomic mass is 10.1. The van der Waals surface area contributed by atoms with Gasteiger partial charge in [0.25, 0.3) is 0 Å². The van der Waals surface area contributed by atoms with Crippen LogP contribution in [-0.4, -0.2) is 11.3 Å². The molecular weight excluding hydrogens is 180 g/mol. The Morgan fingerprint density at radius 2 is 1.07 bits per heavy atom. The molecule has 1 rings (SSSR count). The molecule has 0 spiro atoms. The van der Waals surface area contributed by atoms with Crippen LogP contribution in [0.15, 0.2) is 0 Å². The number of rotatable bonds is 2. The second-order valence-electron chi connectivity index (χ2n) is 4.12. The maximum Gasteiger partial charge on any atom is 0.0925 e. The number of hydrogen-bond donors (Lipinski definition) is 6. The summed E-state index contributed by atoms with van der Waals surface area (Å²) in [5.74, 6) is 0. The lowest BCUT2D eigenvalue weighted by molar-refractivity contribution is 0.0749. The van der Waals surface area contributed by atoms with Crippen LogP contribution < -0.4 is 32.8 Å². The highest BCUT2D eigenvalue weighted by Crippen LogP contribution is 2.07. The van der Waals surface area contributed by atoms with E-state index in [2.05, 4.69) is 60.5 Å². The number of hydrogen-bond acceptors (Lipinski definition) is 6. The Morgan fingerprint density at radius 3 is 1.36 bits per heavy atom. The summed E-state index contributed by atoms with van der Waals surface area (Å²) in [5, 5.41) is 0. The third kappa shape index (κ3) is 2.88. The predicted molar refractivity (Wildman–Crippen MR) is 56.2 cm³/mol. The zero-order valence-electron chi connectivity index (χ0n) is 9.41. The molecule has 0 amide bonds. The second kappa shape index (κ2) is 4.52. The molecule has 1 aliphatic rings. The average Bonchev–Trinajstić information content (AvgIpc) is 2.20. The van der Waals surface area contributed by atoms with Gasteiger partial charge in [0, 0.05) is 0 Å². The molecular formula is C8H22N6. The number of hydrazine groups is 4. The van der Waals surface area contributed by atoms with E-state index < -0.39 is 0 Å². The van der Waals surface area contributed by atoms with Crippen molar-refractivity contribution in [2.24, 2.45) is 0 Å². The lowest BCUT2D eigenvalue weighted by Gasteiger charge is -2.41. The van der Waals surface area contributed by atoms with Crippen LogP contribution in [0.1, 0.15) is 40.5 Å². The van der Waals surface area contributed by atoms with Crippen molar-refractivity contribution in [3.8, 4) is 0 Å². The van der Waals surface area contributed by atoms with Gasteiger partial charge in [0.1, 0.15) is 0 Å². The quantitative estimate of drug-likeness (QED) is 0.361. The molecule has 0 aromatic rings. The summed E-state index contributed by atoms with van der Waals surface area (Å²) in [6.07, 6.45) is 1.91. The first-order chi connectivity index (χ1) is 6.54. The van der Waals surface area contributed by atoms with Crippen LogP contribution in [0, 0.1) is 0 Å². The molecule has 84 valence electrons. The van der Waals surface area contributed by atoms with Gasteiger partial charge in [-0.1, -0.05) is 13.8 Å². The SMILES string of the molecule is CCC1(C)NNNNC(C)(CC)NN1. The van der Waals surface area contributed by atoms with Crippen molar-refractivity contribution in [2.45, 2.75) is 51.9 Å². The van der Waals surface area contributed by atoms with E-state index in [0.29, 0.717) is 0 Å². The van der Waals surface area contributed by atoms with Crippen molar-refractivity contribution in [3.05, 3.63) is 0 Å². The normalized spacial score (nSPS) is 40.3. The van der Waals surface area contributed by atoms with Crippen LogP contribution >= 0.6 is 0 Å². The van der Waals surface area contributed by atoms with Crippen molar-refractivity contribution in [3.63, 3.8) is 0 Å². The Bertz CT molecular complexity index is 167. The van der Waals surface area contributed by atoms with Crippen molar-refractivity contribution >= 4 is 0 Å². The van der Waals surface area contributed by atoms with Crippen LogP contribution in [0.3, 0.4) is 0 Å². The summed E-state index contributed by atoms with van der Waals surface area (Å²) in [7, 11) is 0. The lowest BCUT2D eigenvalue weighted by Crippen LogP contribution is -2.77. The minimum atomic E-state index is -0.175. The zero-order valence-corrected chi connectivity index (χ0v) is 9.41. The van der Waals surface area contributed by atoms with E-state index in [9.17, 15) is 0 Å². The third-order valence-corrected chi connectivity index (χ3v) is 2.77. The third-order valence-electron chi connectivity index (χ3n) is 2.77. The van der Waals surface area contributed by atoms with E-state index in [1.807, 2.05) is 0 Å². The van der Waals surface area contributed by atoms with E-state index >= 15 is 0 Å². The smallest absolute Gasteiger partial charge is 0.0925 e. The average molecular weight is 202 g/mol. The van der Waals surface area contributed by atoms with Crippen LogP contribution in [0.2, 0.25) is 0 Å². The Morgan fingerprint density at radius 1 is 0.714 bits per heavy atom. The van der Waals surface area contributed by atoms with Crippen LogP contribution in [0.4, 0.5) is 0 Å². The Labute approximate surface area is 85.5 Å². The van der Waals surface area contributed by atoms with Crippen molar-refractivity contribution in [1.29, 1.82) is 0 Å². The highest BCUT2D eigenvalue weighted by Gasteiger charge is 2.28. The summed E-state index contributed by atoms with van der Waals surface area (Å²) in [5.41, 5.74) is 18.2. The molecule has 0 saturated carbocycles. The molecule has 0 aliphatic carbocycles. The molecule has 2 unspecified atom stereocenters. The van der Waals surface area contributed by atoms with Gasteiger partial charge in [-0.25, -0.2) is 21.7 Å². The summed E-state index contributed by atoms with van der Waals surface area (Å²) in [6.45, 7) is 8.38. The molecule has 6 N–H and O–H groups in total. The predicted octanol–water partition coefficient (Wildman–Crippen LogP) is -0.550. The summed E-state index contributed by atoms with van der Waals surface area (Å²) in [4.78, 5) is 0. The van der Waals surface area contributed by atoms with Gasteiger partial charge in [0.15, 0.2) is 0 Å². The van der Waals surface area contributed by atoms with Gasteiger partial charge in [-0.2, -0.15) is 11.1 Å². The monoisotopic (exact) mass is 202 g/mol. The first-order valence-corrected chi connectivity index (χ1v) is 5.12. The first kappa shape index (κ1) is 11.8. The maximum absolute atomic E-state index is 3.26. The fourth-order valence-electron chi connectivity index (χ4n) is 1.03. The van der Waals surface area contributed by atoms with Gasteiger partial charge in [0.2, 0.25) is 0 Å². The topological polar surface area (TPSA) is 72.2 Å². The molecule has 0 radical (unpaired) electrons. The van der Waals surface area contributed by atoms with Crippen molar-refractivity contribution < 1.29 is 0 Å². The van der Waals surface area contributed by atoms with Crippen LogP contribution in [-0.2, 0) is 0 Å². The van der Waals surface area contributed by atoms with E-state index in [-0.39, 0.29) is 11.3 Å². The Balaban J connectivity index is 2.59.